The van der Waals surface area contributed by atoms with Crippen molar-refractivity contribution in [2.45, 2.75) is 0 Å². The van der Waals surface area contributed by atoms with Gasteiger partial charge in [0.05, 0.1) is 0 Å². The average Bonchev–Trinajstić information content (AvgIpc) is 1.21. The first-order valence-corrected chi connectivity index (χ1v) is 3.60. The van der Waals surface area contributed by atoms with E-state index in [2.05, 4.69) is 3.63 Å². The molecule has 7 nitrogen and oxygen atoms in total. The van der Waals surface area contributed by atoms with Crippen LogP contribution in [0.1, 0.15) is 0 Å². The van der Waals surface area contributed by atoms with Crippen molar-refractivity contribution in [3.05, 3.63) is 0 Å². The molecule has 0 aromatic heterocycles. The van der Waals surface area contributed by atoms with Gasteiger partial charge in [-0.05, 0) is 0 Å². The maximum absolute atomic E-state index is 9.42. The first-order valence-electron chi connectivity index (χ1n) is 1.20. The molecule has 0 aliphatic carbocycles. The normalized spacial score (nSPS) is 14.0. The summed E-state index contributed by atoms with van der Waals surface area (Å²) < 4.78 is 46.4. The van der Waals surface area contributed by atoms with Crippen LogP contribution in [-0.4, -0.2) is 21.7 Å². The second-order valence-electron chi connectivity index (χ2n) is 0.713. The van der Waals surface area contributed by atoms with Gasteiger partial charge in [-0.15, -0.1) is 3.63 Å². The molecule has 0 radical (unpaired) electrons. The minimum Gasteiger partial charge on any atom is -0.344 e. The molecule has 58 valence electrons. The highest BCUT2D eigenvalue weighted by Crippen LogP contribution is 1.86. The van der Waals surface area contributed by atoms with E-state index in [-0.39, 0.29) is 6.15 Å². The van der Waals surface area contributed by atoms with Crippen LogP contribution in [0.4, 0.5) is 0 Å². The lowest BCUT2D eigenvalue weighted by Crippen LogP contribution is -2.04. The lowest BCUT2D eigenvalue weighted by atomic mass is 14.0. The molecule has 1 unspecified atom stereocenters. The molecule has 0 saturated carbocycles. The Morgan fingerprint density at radius 1 is 1.44 bits per heavy atom. The molecular weight excluding hydrogens is 174 g/mol. The zero-order valence-corrected chi connectivity index (χ0v) is 5.68. The van der Waals surface area contributed by atoms with Gasteiger partial charge < -0.3 is 6.15 Å². The van der Waals surface area contributed by atoms with E-state index in [9.17, 15) is 12.6 Å². The minimum absolute atomic E-state index is 0. The Balaban J connectivity index is 0. The quantitative estimate of drug-likeness (QED) is 0.369. The van der Waals surface area contributed by atoms with E-state index in [0.717, 1.165) is 0 Å². The van der Waals surface area contributed by atoms with Crippen molar-refractivity contribution in [1.82, 2.24) is 6.15 Å². The largest absolute Gasteiger partial charge is 0.412 e. The van der Waals surface area contributed by atoms with Crippen LogP contribution in [0, 0.1) is 0 Å². The number of hydrogen-bond donors (Lipinski definition) is 3. The summed E-state index contributed by atoms with van der Waals surface area (Å²) in [4.78, 5) is 0. The molecule has 0 aliphatic rings. The van der Waals surface area contributed by atoms with Crippen LogP contribution in [0.15, 0.2) is 0 Å². The molecule has 0 saturated heterocycles. The molecule has 0 aromatic carbocycles. The van der Waals surface area contributed by atoms with Crippen LogP contribution in [0.5, 0.6) is 0 Å². The highest BCUT2D eigenvalue weighted by molar-refractivity contribution is 7.91. The van der Waals surface area contributed by atoms with Gasteiger partial charge in [0.1, 0.15) is 0 Å². The van der Waals surface area contributed by atoms with Gasteiger partial charge in [-0.2, -0.15) is 12.6 Å². The fraction of sp³-hybridized carbons (Fsp3) is 0. The lowest BCUT2D eigenvalue weighted by Gasteiger charge is -1.86. The summed E-state index contributed by atoms with van der Waals surface area (Å²) in [5, 5.41) is 0. The van der Waals surface area contributed by atoms with Gasteiger partial charge in [-0.25, -0.2) is 0 Å². The third kappa shape index (κ3) is 11.5. The fourth-order valence-electron chi connectivity index (χ4n) is 0.0736. The van der Waals surface area contributed by atoms with E-state index in [1.807, 2.05) is 0 Å². The molecule has 0 bridgehead atoms. The van der Waals surface area contributed by atoms with E-state index < -0.39 is 21.8 Å². The van der Waals surface area contributed by atoms with Crippen molar-refractivity contribution >= 4 is 21.8 Å². The zero-order valence-electron chi connectivity index (χ0n) is 4.05. The molecule has 0 aliphatic heterocycles. The van der Waals surface area contributed by atoms with Crippen LogP contribution in [0.2, 0.25) is 0 Å². The first-order chi connectivity index (χ1) is 3.42. The van der Waals surface area contributed by atoms with Crippen LogP contribution >= 0.6 is 0 Å². The van der Waals surface area contributed by atoms with Gasteiger partial charge in [0.15, 0.2) is 0 Å². The Hall–Kier alpha value is -0.0600. The third-order valence-electron chi connectivity index (χ3n) is 0.144. The van der Waals surface area contributed by atoms with Gasteiger partial charge in [-0.1, -0.05) is 0 Å². The SMILES string of the molecule is N.O=S(O)OS(=O)(=O)O. The zero-order chi connectivity index (χ0) is 6.78. The summed E-state index contributed by atoms with van der Waals surface area (Å²) in [6.45, 7) is 0. The Morgan fingerprint density at radius 3 is 1.78 bits per heavy atom. The first kappa shape index (κ1) is 11.7. The van der Waals surface area contributed by atoms with Crippen molar-refractivity contribution in [3.8, 4) is 0 Å². The van der Waals surface area contributed by atoms with Crippen LogP contribution < -0.4 is 6.15 Å². The standard InChI is InChI=1S/H3N.H2O6S2/c;1-7(2)6-8(3,4)5/h1H3;(H,1,2)(H,3,4,5). The summed E-state index contributed by atoms with van der Waals surface area (Å²) in [5.74, 6) is 0. The summed E-state index contributed by atoms with van der Waals surface area (Å²) >= 11 is -2.97. The monoisotopic (exact) mass is 179 g/mol. The smallest absolute Gasteiger partial charge is 0.344 e. The van der Waals surface area contributed by atoms with E-state index in [1.54, 1.807) is 0 Å². The Morgan fingerprint density at radius 2 is 1.78 bits per heavy atom. The van der Waals surface area contributed by atoms with Gasteiger partial charge >= 0.3 is 21.8 Å². The molecule has 0 amide bonds. The van der Waals surface area contributed by atoms with Gasteiger partial charge in [0.25, 0.3) is 0 Å². The van der Waals surface area contributed by atoms with Gasteiger partial charge in [-0.3, -0.25) is 9.11 Å². The molecular formula is H5NO6S2. The van der Waals surface area contributed by atoms with Crippen LogP contribution in [0.3, 0.4) is 0 Å². The van der Waals surface area contributed by atoms with Crippen molar-refractivity contribution in [3.63, 3.8) is 0 Å². The summed E-state index contributed by atoms with van der Waals surface area (Å²) in [7, 11) is -4.77. The van der Waals surface area contributed by atoms with E-state index in [0.29, 0.717) is 0 Å². The molecule has 0 spiro atoms. The maximum Gasteiger partial charge on any atom is 0.412 e. The molecule has 9 heteroatoms. The highest BCUT2D eigenvalue weighted by atomic mass is 32.3. The average molecular weight is 179 g/mol. The predicted octanol–water partition coefficient (Wildman–Crippen LogP) is -0.895. The molecule has 5 N–H and O–H groups in total. The highest BCUT2D eigenvalue weighted by Gasteiger charge is 2.07. The second-order valence-corrected chi connectivity index (χ2v) is 2.55. The van der Waals surface area contributed by atoms with E-state index in [4.69, 9.17) is 9.11 Å². The second kappa shape index (κ2) is 3.87. The van der Waals surface area contributed by atoms with E-state index >= 15 is 0 Å². The maximum atomic E-state index is 9.42. The number of rotatable bonds is 2. The predicted molar refractivity (Wildman–Crippen MR) is 28.4 cm³/mol. The lowest BCUT2D eigenvalue weighted by molar-refractivity contribution is 0.375. The van der Waals surface area contributed by atoms with E-state index in [1.165, 1.54) is 0 Å². The topological polar surface area (TPSA) is 136 Å². The van der Waals surface area contributed by atoms with Gasteiger partial charge in [0, 0.05) is 0 Å². The van der Waals surface area contributed by atoms with Crippen molar-refractivity contribution in [2.24, 2.45) is 0 Å². The summed E-state index contributed by atoms with van der Waals surface area (Å²) in [6, 6.07) is 0. The number of hydrogen-bond acceptors (Lipinski definition) is 5. The Bertz CT molecular complexity index is 177. The van der Waals surface area contributed by atoms with Crippen molar-refractivity contribution in [2.75, 3.05) is 0 Å². The van der Waals surface area contributed by atoms with Crippen molar-refractivity contribution in [1.29, 1.82) is 0 Å². The molecule has 0 heterocycles. The minimum atomic E-state index is -4.77. The summed E-state index contributed by atoms with van der Waals surface area (Å²) in [5.41, 5.74) is 0. The molecule has 9 heavy (non-hydrogen) atoms. The van der Waals surface area contributed by atoms with Crippen LogP contribution in [-0.2, 0) is 25.4 Å². The third-order valence-corrected chi connectivity index (χ3v) is 1.30. The fourth-order valence-corrected chi connectivity index (χ4v) is 0.662. The van der Waals surface area contributed by atoms with Crippen LogP contribution in [0.25, 0.3) is 0 Å². The summed E-state index contributed by atoms with van der Waals surface area (Å²) in [6.07, 6.45) is 0. The molecule has 1 atom stereocenters. The Labute approximate surface area is 54.0 Å². The van der Waals surface area contributed by atoms with Gasteiger partial charge in [0.2, 0.25) is 0 Å². The molecule has 0 rings (SSSR count). The molecule has 0 fully saturated rings. The Kier molecular flexibility index (Phi) is 5.03. The van der Waals surface area contributed by atoms with Crippen molar-refractivity contribution < 1.29 is 25.4 Å². The molecule has 0 aromatic rings.